The van der Waals surface area contributed by atoms with Gasteiger partial charge >= 0.3 is 0 Å². The number of carbonyl (C=O) groups excluding carboxylic acids is 1. The minimum atomic E-state index is 0.321. The minimum Gasteiger partial charge on any atom is -0.381 e. The van der Waals surface area contributed by atoms with E-state index in [-0.39, 0.29) is 0 Å². The van der Waals surface area contributed by atoms with Gasteiger partial charge in [0, 0.05) is 51.7 Å². The summed E-state index contributed by atoms with van der Waals surface area (Å²) in [4.78, 5) is 18.4. The third-order valence-corrected chi connectivity index (χ3v) is 4.48. The summed E-state index contributed by atoms with van der Waals surface area (Å²) in [6, 6.07) is 0. The van der Waals surface area contributed by atoms with Crippen molar-refractivity contribution in [1.29, 1.82) is 0 Å². The fourth-order valence-electron chi connectivity index (χ4n) is 3.18. The molecule has 2 aliphatic rings. The summed E-state index contributed by atoms with van der Waals surface area (Å²) in [5.74, 6) is 1.44. The monoisotopic (exact) mass is 277 g/mol. The van der Waals surface area contributed by atoms with Crippen molar-refractivity contribution in [2.24, 2.45) is 11.8 Å². The number of imidazole rings is 1. The normalized spacial score (nSPS) is 24.2. The molecule has 3 rings (SSSR count). The van der Waals surface area contributed by atoms with Crippen molar-refractivity contribution in [2.75, 3.05) is 26.3 Å². The van der Waals surface area contributed by atoms with Crippen LogP contribution in [0, 0.1) is 11.8 Å². The highest BCUT2D eigenvalue weighted by atomic mass is 16.5. The van der Waals surface area contributed by atoms with Crippen LogP contribution in [-0.2, 0) is 16.1 Å². The minimum absolute atomic E-state index is 0.321. The second kappa shape index (κ2) is 6.39. The lowest BCUT2D eigenvalue weighted by atomic mass is 9.95. The molecule has 0 unspecified atom stereocenters. The van der Waals surface area contributed by atoms with Gasteiger partial charge in [0.1, 0.15) is 0 Å². The molecule has 5 nitrogen and oxygen atoms in total. The third-order valence-electron chi connectivity index (χ3n) is 4.48. The summed E-state index contributed by atoms with van der Waals surface area (Å²) < 4.78 is 7.48. The zero-order valence-corrected chi connectivity index (χ0v) is 11.9. The van der Waals surface area contributed by atoms with E-state index in [0.717, 1.165) is 52.1 Å². The standard InChI is InChI=1S/C15H23N3O2/c19-15(9-14-3-8-20-11-14)18-5-1-13(2-6-18)10-17-7-4-16-12-17/h4,7,12-14H,1-3,5-6,8-11H2/t14-/m0/s1. The number of nitrogens with zero attached hydrogens (tertiary/aromatic N) is 3. The fraction of sp³-hybridized carbons (Fsp3) is 0.733. The number of carbonyl (C=O) groups is 1. The number of hydrogen-bond donors (Lipinski definition) is 0. The Hall–Kier alpha value is -1.36. The van der Waals surface area contributed by atoms with E-state index < -0.39 is 0 Å². The van der Waals surface area contributed by atoms with Gasteiger partial charge in [-0.05, 0) is 31.1 Å². The van der Waals surface area contributed by atoms with E-state index in [1.807, 2.05) is 23.6 Å². The van der Waals surface area contributed by atoms with Crippen molar-refractivity contribution in [2.45, 2.75) is 32.2 Å². The molecule has 2 fully saturated rings. The van der Waals surface area contributed by atoms with Crippen LogP contribution in [0.1, 0.15) is 25.7 Å². The molecule has 1 aromatic rings. The maximum atomic E-state index is 12.2. The van der Waals surface area contributed by atoms with Crippen LogP contribution < -0.4 is 0 Å². The molecule has 1 amide bonds. The van der Waals surface area contributed by atoms with Gasteiger partial charge in [-0.3, -0.25) is 4.79 Å². The number of hydrogen-bond acceptors (Lipinski definition) is 3. The molecule has 0 spiro atoms. The molecule has 0 aliphatic carbocycles. The molecule has 110 valence electrons. The average molecular weight is 277 g/mol. The van der Waals surface area contributed by atoms with Crippen LogP contribution in [0.3, 0.4) is 0 Å². The first-order chi connectivity index (χ1) is 9.81. The third kappa shape index (κ3) is 3.39. The van der Waals surface area contributed by atoms with Crippen LogP contribution in [-0.4, -0.2) is 46.7 Å². The van der Waals surface area contributed by atoms with E-state index in [1.165, 1.54) is 0 Å². The van der Waals surface area contributed by atoms with Crippen molar-refractivity contribution in [3.8, 4) is 0 Å². The largest absolute Gasteiger partial charge is 0.381 e. The number of aromatic nitrogens is 2. The highest BCUT2D eigenvalue weighted by Gasteiger charge is 2.26. The molecule has 2 aliphatic heterocycles. The molecule has 20 heavy (non-hydrogen) atoms. The molecule has 0 bridgehead atoms. The predicted molar refractivity (Wildman–Crippen MR) is 75.1 cm³/mol. The first-order valence-electron chi connectivity index (χ1n) is 7.62. The Bertz CT molecular complexity index is 418. The van der Waals surface area contributed by atoms with Gasteiger partial charge in [0.25, 0.3) is 0 Å². The maximum absolute atomic E-state index is 12.2. The highest BCUT2D eigenvalue weighted by Crippen LogP contribution is 2.22. The van der Waals surface area contributed by atoms with E-state index >= 15 is 0 Å². The summed E-state index contributed by atoms with van der Waals surface area (Å²) in [7, 11) is 0. The average Bonchev–Trinajstić information content (AvgIpc) is 3.13. The van der Waals surface area contributed by atoms with Crippen LogP contribution in [0.5, 0.6) is 0 Å². The van der Waals surface area contributed by atoms with Crippen molar-refractivity contribution in [3.05, 3.63) is 18.7 Å². The van der Waals surface area contributed by atoms with Gasteiger partial charge in [-0.1, -0.05) is 0 Å². The molecule has 0 N–H and O–H groups in total. The van der Waals surface area contributed by atoms with E-state index in [0.29, 0.717) is 24.2 Å². The van der Waals surface area contributed by atoms with Crippen LogP contribution in [0.25, 0.3) is 0 Å². The lowest BCUT2D eigenvalue weighted by molar-refractivity contribution is -0.133. The quantitative estimate of drug-likeness (QED) is 0.839. The van der Waals surface area contributed by atoms with Crippen molar-refractivity contribution >= 4 is 5.91 Å². The zero-order valence-electron chi connectivity index (χ0n) is 11.9. The van der Waals surface area contributed by atoms with Gasteiger partial charge < -0.3 is 14.2 Å². The lowest BCUT2D eigenvalue weighted by Gasteiger charge is -2.32. The van der Waals surface area contributed by atoms with Crippen molar-refractivity contribution in [3.63, 3.8) is 0 Å². The van der Waals surface area contributed by atoms with Gasteiger partial charge in [0.2, 0.25) is 5.91 Å². The Balaban J connectivity index is 1.42. The Morgan fingerprint density at radius 2 is 2.10 bits per heavy atom. The predicted octanol–water partition coefficient (Wildman–Crippen LogP) is 1.55. The van der Waals surface area contributed by atoms with Gasteiger partial charge in [0.05, 0.1) is 6.33 Å². The number of amides is 1. The van der Waals surface area contributed by atoms with Crippen molar-refractivity contribution in [1.82, 2.24) is 14.5 Å². The number of ether oxygens (including phenoxy) is 1. The Morgan fingerprint density at radius 1 is 1.25 bits per heavy atom. The molecule has 0 saturated carbocycles. The zero-order chi connectivity index (χ0) is 13.8. The molecule has 5 heteroatoms. The molecule has 2 saturated heterocycles. The van der Waals surface area contributed by atoms with Crippen LogP contribution in [0.15, 0.2) is 18.7 Å². The molecule has 1 aromatic heterocycles. The van der Waals surface area contributed by atoms with Crippen LogP contribution in [0.4, 0.5) is 0 Å². The Kier molecular flexibility index (Phi) is 4.35. The molecular formula is C15H23N3O2. The maximum Gasteiger partial charge on any atom is 0.222 e. The lowest BCUT2D eigenvalue weighted by Crippen LogP contribution is -2.40. The fourth-order valence-corrected chi connectivity index (χ4v) is 3.18. The number of likely N-dealkylation sites (tertiary alicyclic amines) is 1. The van der Waals surface area contributed by atoms with E-state index in [2.05, 4.69) is 9.55 Å². The highest BCUT2D eigenvalue weighted by molar-refractivity contribution is 5.76. The second-order valence-electron chi connectivity index (χ2n) is 6.02. The topological polar surface area (TPSA) is 47.4 Å². The molecule has 0 aromatic carbocycles. The second-order valence-corrected chi connectivity index (χ2v) is 6.02. The summed E-state index contributed by atoms with van der Waals surface area (Å²) in [5.41, 5.74) is 0. The smallest absolute Gasteiger partial charge is 0.222 e. The van der Waals surface area contributed by atoms with Crippen molar-refractivity contribution < 1.29 is 9.53 Å². The molecular weight excluding hydrogens is 254 g/mol. The Morgan fingerprint density at radius 3 is 2.75 bits per heavy atom. The van der Waals surface area contributed by atoms with E-state index in [1.54, 1.807) is 0 Å². The summed E-state index contributed by atoms with van der Waals surface area (Å²) in [5, 5.41) is 0. The first-order valence-corrected chi connectivity index (χ1v) is 7.62. The number of piperidine rings is 1. The van der Waals surface area contributed by atoms with Gasteiger partial charge in [0.15, 0.2) is 0 Å². The van der Waals surface area contributed by atoms with Gasteiger partial charge in [-0.15, -0.1) is 0 Å². The summed E-state index contributed by atoms with van der Waals surface area (Å²) in [6.07, 6.45) is 9.63. The van der Waals surface area contributed by atoms with Crippen LogP contribution in [0.2, 0.25) is 0 Å². The van der Waals surface area contributed by atoms with E-state index in [4.69, 9.17) is 4.74 Å². The summed E-state index contributed by atoms with van der Waals surface area (Å²) >= 11 is 0. The Labute approximate surface area is 119 Å². The van der Waals surface area contributed by atoms with Crippen LogP contribution >= 0.6 is 0 Å². The molecule has 0 radical (unpaired) electrons. The molecule has 3 heterocycles. The number of rotatable bonds is 4. The van der Waals surface area contributed by atoms with Gasteiger partial charge in [-0.2, -0.15) is 0 Å². The first kappa shape index (κ1) is 13.6. The molecule has 1 atom stereocenters. The summed E-state index contributed by atoms with van der Waals surface area (Å²) in [6.45, 7) is 4.43. The SMILES string of the molecule is O=C(C[C@@H]1CCOC1)N1CCC(Cn2ccnc2)CC1. The van der Waals surface area contributed by atoms with Gasteiger partial charge in [-0.25, -0.2) is 4.98 Å². The van der Waals surface area contributed by atoms with E-state index in [9.17, 15) is 4.79 Å².